The molecule has 0 aliphatic carbocycles. The average molecular weight is 555 g/mol. The summed E-state index contributed by atoms with van der Waals surface area (Å²) in [6, 6.07) is 22.8. The molecule has 39 heavy (non-hydrogen) atoms. The lowest BCUT2D eigenvalue weighted by Crippen LogP contribution is -2.33. The van der Waals surface area contributed by atoms with E-state index in [1.807, 2.05) is 56.3 Å². The van der Waals surface area contributed by atoms with Gasteiger partial charge in [0.05, 0.1) is 23.5 Å². The van der Waals surface area contributed by atoms with Gasteiger partial charge in [0.25, 0.3) is 5.91 Å². The van der Waals surface area contributed by atoms with Crippen LogP contribution in [0.25, 0.3) is 11.1 Å². The molecule has 9 heteroatoms. The summed E-state index contributed by atoms with van der Waals surface area (Å²) in [5.74, 6) is -0.813. The lowest BCUT2D eigenvalue weighted by molar-refractivity contribution is 0.0975. The number of hydrogen-bond donors (Lipinski definition) is 4. The van der Waals surface area contributed by atoms with Crippen molar-refractivity contribution in [2.24, 2.45) is 0 Å². The maximum Gasteiger partial charge on any atom is 0.268 e. The number of carbonyl (C=O) groups excluding carboxylic acids is 1. The summed E-state index contributed by atoms with van der Waals surface area (Å²) in [6.07, 6.45) is 1.12. The number of nitrogens with one attached hydrogen (secondary N) is 2. The molecule has 3 rings (SSSR count). The number of aliphatic hydroxyl groups excluding tert-OH is 2. The standard InChI is InChI=1S/C30H38N2O6S/c1-22(2)38-29-20-26(15-16-27(29)30(35)32-39(36,37)19-7-18-33)24-13-11-23(12-14-24)8-6-17-31-21-28(34)25-9-4-3-5-10-25/h3-5,9-16,20,22,28,31,33-34H,6-8,17-19,21H2,1-2H3,(H,32,35)/t28-/m0/s1. The first-order valence-electron chi connectivity index (χ1n) is 13.2. The van der Waals surface area contributed by atoms with E-state index in [4.69, 9.17) is 9.84 Å². The summed E-state index contributed by atoms with van der Waals surface area (Å²) in [7, 11) is -3.86. The summed E-state index contributed by atoms with van der Waals surface area (Å²) in [6.45, 7) is 4.68. The monoisotopic (exact) mass is 554 g/mol. The number of rotatable bonds is 15. The summed E-state index contributed by atoms with van der Waals surface area (Å²) in [5.41, 5.74) is 4.00. The maximum absolute atomic E-state index is 12.7. The van der Waals surface area contributed by atoms with E-state index in [-0.39, 0.29) is 30.4 Å². The SMILES string of the molecule is CC(C)Oc1cc(-c2ccc(CCCNC[C@H](O)c3ccccc3)cc2)ccc1C(=O)NS(=O)(=O)CCCO. The van der Waals surface area contributed by atoms with E-state index in [0.29, 0.717) is 12.3 Å². The number of carbonyl (C=O) groups is 1. The average Bonchev–Trinajstić information content (AvgIpc) is 2.92. The fourth-order valence-electron chi connectivity index (χ4n) is 4.06. The molecule has 0 aliphatic heterocycles. The van der Waals surface area contributed by atoms with E-state index < -0.39 is 22.0 Å². The van der Waals surface area contributed by atoms with Crippen molar-refractivity contribution in [1.29, 1.82) is 0 Å². The Bertz CT molecular complexity index is 1290. The van der Waals surface area contributed by atoms with Crippen LogP contribution in [0.2, 0.25) is 0 Å². The van der Waals surface area contributed by atoms with E-state index in [0.717, 1.165) is 36.1 Å². The number of sulfonamides is 1. The van der Waals surface area contributed by atoms with Crippen LogP contribution in [0.1, 0.15) is 54.3 Å². The highest BCUT2D eigenvalue weighted by Crippen LogP contribution is 2.29. The molecule has 0 radical (unpaired) electrons. The van der Waals surface area contributed by atoms with Crippen LogP contribution >= 0.6 is 0 Å². The Kier molecular flexibility index (Phi) is 11.5. The quantitative estimate of drug-likeness (QED) is 0.210. The molecular weight excluding hydrogens is 516 g/mol. The minimum atomic E-state index is -3.86. The van der Waals surface area contributed by atoms with Gasteiger partial charge in [0.1, 0.15) is 5.75 Å². The minimum Gasteiger partial charge on any atom is -0.490 e. The topological polar surface area (TPSA) is 125 Å². The normalized spacial score (nSPS) is 12.3. The third-order valence-electron chi connectivity index (χ3n) is 6.04. The largest absolute Gasteiger partial charge is 0.490 e. The molecule has 0 bridgehead atoms. The Morgan fingerprint density at radius 3 is 2.31 bits per heavy atom. The van der Waals surface area contributed by atoms with Gasteiger partial charge in [-0.15, -0.1) is 0 Å². The summed E-state index contributed by atoms with van der Waals surface area (Å²) < 4.78 is 32.2. The van der Waals surface area contributed by atoms with E-state index in [1.165, 1.54) is 5.56 Å². The van der Waals surface area contributed by atoms with Crippen molar-refractivity contribution in [2.75, 3.05) is 25.4 Å². The second-order valence-electron chi connectivity index (χ2n) is 9.64. The molecule has 0 aromatic heterocycles. The molecule has 1 amide bonds. The second-order valence-corrected chi connectivity index (χ2v) is 11.5. The summed E-state index contributed by atoms with van der Waals surface area (Å²) >= 11 is 0. The first kappa shape index (κ1) is 30.3. The Hall–Kier alpha value is -3.24. The van der Waals surface area contributed by atoms with Crippen molar-refractivity contribution in [2.45, 2.75) is 45.3 Å². The van der Waals surface area contributed by atoms with Crippen LogP contribution < -0.4 is 14.8 Å². The lowest BCUT2D eigenvalue weighted by Gasteiger charge is -2.16. The Labute approximate surface area is 231 Å². The molecule has 0 spiro atoms. The molecule has 0 saturated heterocycles. The molecule has 8 nitrogen and oxygen atoms in total. The van der Waals surface area contributed by atoms with Crippen LogP contribution in [0.3, 0.4) is 0 Å². The Balaban J connectivity index is 1.59. The van der Waals surface area contributed by atoms with E-state index in [2.05, 4.69) is 22.2 Å². The molecular formula is C30H38N2O6S. The van der Waals surface area contributed by atoms with Crippen LogP contribution in [0.5, 0.6) is 5.75 Å². The van der Waals surface area contributed by atoms with Gasteiger partial charge in [-0.05, 0) is 74.0 Å². The summed E-state index contributed by atoms with van der Waals surface area (Å²) in [5, 5.41) is 22.4. The fourth-order valence-corrected chi connectivity index (χ4v) is 5.06. The van der Waals surface area contributed by atoms with E-state index in [9.17, 15) is 18.3 Å². The zero-order valence-electron chi connectivity index (χ0n) is 22.5. The van der Waals surface area contributed by atoms with Crippen LogP contribution in [0.15, 0.2) is 72.8 Å². The molecule has 3 aromatic carbocycles. The molecule has 1 atom stereocenters. The number of hydrogen-bond acceptors (Lipinski definition) is 7. The van der Waals surface area contributed by atoms with Crippen molar-refractivity contribution >= 4 is 15.9 Å². The Morgan fingerprint density at radius 2 is 1.64 bits per heavy atom. The number of benzene rings is 3. The third-order valence-corrected chi connectivity index (χ3v) is 7.36. The van der Waals surface area contributed by atoms with Crippen LogP contribution in [-0.2, 0) is 16.4 Å². The van der Waals surface area contributed by atoms with E-state index >= 15 is 0 Å². The zero-order valence-corrected chi connectivity index (χ0v) is 23.3. The third kappa shape index (κ3) is 9.78. The highest BCUT2D eigenvalue weighted by Gasteiger charge is 2.20. The number of aliphatic hydroxyl groups is 2. The van der Waals surface area contributed by atoms with Gasteiger partial charge < -0.3 is 20.3 Å². The molecule has 0 unspecified atom stereocenters. The van der Waals surface area contributed by atoms with E-state index in [1.54, 1.807) is 18.2 Å². The van der Waals surface area contributed by atoms with Crippen LogP contribution in [0, 0.1) is 0 Å². The minimum absolute atomic E-state index is 0.0425. The number of amides is 1. The predicted molar refractivity (Wildman–Crippen MR) is 153 cm³/mol. The van der Waals surface area contributed by atoms with Gasteiger partial charge in [-0.2, -0.15) is 0 Å². The van der Waals surface area contributed by atoms with Gasteiger partial charge >= 0.3 is 0 Å². The number of ether oxygens (including phenoxy) is 1. The first-order valence-corrected chi connectivity index (χ1v) is 14.8. The molecule has 4 N–H and O–H groups in total. The Morgan fingerprint density at radius 1 is 0.949 bits per heavy atom. The van der Waals surface area contributed by atoms with Crippen molar-refractivity contribution in [3.63, 3.8) is 0 Å². The zero-order chi connectivity index (χ0) is 28.3. The van der Waals surface area contributed by atoms with Gasteiger partial charge in [0.15, 0.2) is 0 Å². The summed E-state index contributed by atoms with van der Waals surface area (Å²) in [4.78, 5) is 12.7. The predicted octanol–water partition coefficient (Wildman–Crippen LogP) is 3.84. The lowest BCUT2D eigenvalue weighted by atomic mass is 10.00. The maximum atomic E-state index is 12.7. The van der Waals surface area contributed by atoms with Crippen molar-refractivity contribution in [3.05, 3.63) is 89.5 Å². The molecule has 3 aromatic rings. The molecule has 0 heterocycles. The highest BCUT2D eigenvalue weighted by molar-refractivity contribution is 7.90. The smallest absolute Gasteiger partial charge is 0.268 e. The van der Waals surface area contributed by atoms with Gasteiger partial charge in [0.2, 0.25) is 10.0 Å². The highest BCUT2D eigenvalue weighted by atomic mass is 32.2. The fraction of sp³-hybridized carbons (Fsp3) is 0.367. The molecule has 0 saturated carbocycles. The molecule has 210 valence electrons. The van der Waals surface area contributed by atoms with Gasteiger partial charge in [-0.1, -0.05) is 60.7 Å². The van der Waals surface area contributed by atoms with Gasteiger partial charge in [-0.3, -0.25) is 4.79 Å². The van der Waals surface area contributed by atoms with Crippen molar-refractivity contribution in [1.82, 2.24) is 10.0 Å². The molecule has 0 fully saturated rings. The molecule has 0 aliphatic rings. The van der Waals surface area contributed by atoms with Gasteiger partial charge in [0, 0.05) is 13.2 Å². The van der Waals surface area contributed by atoms with Crippen LogP contribution in [-0.4, -0.2) is 56.1 Å². The number of aryl methyl sites for hydroxylation is 1. The van der Waals surface area contributed by atoms with Crippen molar-refractivity contribution in [3.8, 4) is 16.9 Å². The van der Waals surface area contributed by atoms with Gasteiger partial charge in [-0.25, -0.2) is 13.1 Å². The first-order chi connectivity index (χ1) is 18.7. The van der Waals surface area contributed by atoms with Crippen LogP contribution in [0.4, 0.5) is 0 Å². The second kappa shape index (κ2) is 14.8. The van der Waals surface area contributed by atoms with Crippen molar-refractivity contribution < 1.29 is 28.2 Å².